The van der Waals surface area contributed by atoms with Crippen molar-refractivity contribution < 1.29 is 70.2 Å². The number of hydrogen-bond donors (Lipinski definition) is 0. The Morgan fingerprint density at radius 3 is 0.685 bits per heavy atom. The van der Waals surface area contributed by atoms with Gasteiger partial charge in [-0.3, -0.25) is 0 Å². The Hall–Kier alpha value is -5.02. The Balaban J connectivity index is 1.44. The second-order valence-corrected chi connectivity index (χ2v) is 12.8. The van der Waals surface area contributed by atoms with E-state index in [1.165, 1.54) is 0 Å². The summed E-state index contributed by atoms with van der Waals surface area (Å²) >= 11 is 0. The van der Waals surface area contributed by atoms with Gasteiger partial charge in [-0.05, 0) is 34.4 Å². The molecule has 16 heteroatoms. The maximum absolute atomic E-state index is 15.8. The quantitative estimate of drug-likeness (QED) is 0.157. The summed E-state index contributed by atoms with van der Waals surface area (Å²) < 4.78 is 247. The summed E-state index contributed by atoms with van der Waals surface area (Å²) in [6, 6.07) is 4.19. The molecule has 0 spiro atoms. The maximum Gasteiger partial charge on any atom is 0.340 e. The lowest BCUT2D eigenvalue weighted by molar-refractivity contribution is -0.227. The summed E-state index contributed by atoms with van der Waals surface area (Å²) in [6.07, 6.45) is 0. The zero-order valence-corrected chi connectivity index (χ0v) is 26.4. The van der Waals surface area contributed by atoms with Gasteiger partial charge in [0.1, 0.15) is 0 Å². The zero-order valence-electron chi connectivity index (χ0n) is 26.4. The van der Waals surface area contributed by atoms with Gasteiger partial charge in [-0.15, -0.1) is 0 Å². The van der Waals surface area contributed by atoms with Gasteiger partial charge in [0, 0.05) is 44.5 Å². The lowest BCUT2D eigenvalue weighted by Gasteiger charge is -2.33. The molecule has 13 rings (SSSR count). The normalized spacial score (nSPS) is 21.8. The molecule has 0 N–H and O–H groups in total. The minimum atomic E-state index is -5.24. The third kappa shape index (κ3) is 4.86. The average molecular weight is 779 g/mol. The van der Waals surface area contributed by atoms with Crippen molar-refractivity contribution in [1.29, 1.82) is 0 Å². The second kappa shape index (κ2) is 11.3. The van der Waals surface area contributed by atoms with Crippen LogP contribution in [0.5, 0.6) is 0 Å². The van der Waals surface area contributed by atoms with Crippen LogP contribution in [0.2, 0.25) is 0 Å². The third-order valence-electron chi connectivity index (χ3n) is 9.75. The van der Waals surface area contributed by atoms with E-state index in [0.29, 0.717) is 24.3 Å². The molecule has 0 radical (unpaired) electrons. The molecule has 5 aromatic carbocycles. The highest BCUT2D eigenvalue weighted by Crippen LogP contribution is 2.58. The molecule has 8 aliphatic rings. The maximum atomic E-state index is 15.8. The SMILES string of the molecule is FC1(F)c2ccc(cc2)C(F)(F)C(F)(F)c2ccc(cc2-c2ccc(-c3cc4ccc3C(F)(F)C(F)(F)c3ccc(cc3)C(F)(F)C4(F)F)cc2)C1(F)F. The fourth-order valence-corrected chi connectivity index (χ4v) is 6.54. The highest BCUT2D eigenvalue weighted by molar-refractivity contribution is 5.76. The van der Waals surface area contributed by atoms with Crippen molar-refractivity contribution in [2.75, 3.05) is 0 Å². The number of rotatable bonds is 2. The first-order chi connectivity index (χ1) is 24.8. The minimum absolute atomic E-state index is 0.0766. The molecule has 0 aromatic heterocycles. The van der Waals surface area contributed by atoms with Gasteiger partial charge in [0.15, 0.2) is 0 Å². The highest BCUT2D eigenvalue weighted by atomic mass is 19.3. The van der Waals surface area contributed by atoms with Crippen molar-refractivity contribution in [2.24, 2.45) is 0 Å². The Morgan fingerprint density at radius 2 is 0.426 bits per heavy atom. The van der Waals surface area contributed by atoms with E-state index < -0.39 is 114 Å². The molecule has 0 atom stereocenters. The highest BCUT2D eigenvalue weighted by Gasteiger charge is 2.64. The van der Waals surface area contributed by atoms with Gasteiger partial charge >= 0.3 is 47.4 Å². The van der Waals surface area contributed by atoms with Crippen molar-refractivity contribution in [3.63, 3.8) is 0 Å². The van der Waals surface area contributed by atoms with Crippen LogP contribution in [0.25, 0.3) is 22.3 Å². The Bertz CT molecular complexity index is 2110. The molecule has 8 aliphatic carbocycles. The summed E-state index contributed by atoms with van der Waals surface area (Å²) in [7, 11) is 0. The molecule has 282 valence electrons. The van der Waals surface area contributed by atoms with Crippen LogP contribution in [0.4, 0.5) is 70.2 Å². The van der Waals surface area contributed by atoms with Gasteiger partial charge in [-0.25, -0.2) is 0 Å². The van der Waals surface area contributed by atoms with Crippen LogP contribution in [0, 0.1) is 0 Å². The summed E-state index contributed by atoms with van der Waals surface area (Å²) in [6.45, 7) is 0. The summed E-state index contributed by atoms with van der Waals surface area (Å²) in [5.41, 5.74) is -16.4. The molecule has 0 amide bonds. The first kappa shape index (κ1) is 37.3. The van der Waals surface area contributed by atoms with Crippen molar-refractivity contribution in [2.45, 2.75) is 47.4 Å². The van der Waals surface area contributed by atoms with Crippen molar-refractivity contribution in [3.8, 4) is 22.3 Å². The lowest BCUT2D eigenvalue weighted by atomic mass is 9.83. The van der Waals surface area contributed by atoms with E-state index >= 15 is 70.2 Å². The van der Waals surface area contributed by atoms with Crippen LogP contribution in [0.15, 0.2) is 109 Å². The predicted octanol–water partition coefficient (Wildman–Crippen LogP) is 13.2. The van der Waals surface area contributed by atoms with Crippen LogP contribution < -0.4 is 0 Å². The molecule has 0 unspecified atom stereocenters. The Morgan fingerprint density at radius 1 is 0.222 bits per heavy atom. The first-order valence-electron chi connectivity index (χ1n) is 15.5. The smallest absolute Gasteiger partial charge is 0.194 e. The molecule has 0 saturated carbocycles. The van der Waals surface area contributed by atoms with Crippen LogP contribution >= 0.6 is 0 Å². The van der Waals surface area contributed by atoms with Gasteiger partial charge in [-0.1, -0.05) is 97.1 Å². The van der Waals surface area contributed by atoms with E-state index in [-0.39, 0.29) is 84.9 Å². The monoisotopic (exact) mass is 778 g/mol. The molecule has 0 nitrogen and oxygen atoms in total. The van der Waals surface area contributed by atoms with Crippen molar-refractivity contribution >= 4 is 0 Å². The van der Waals surface area contributed by atoms with Crippen molar-refractivity contribution in [1.82, 2.24) is 0 Å². The summed E-state index contributed by atoms with van der Waals surface area (Å²) in [5.74, 6) is -41.3. The number of benzene rings is 5. The van der Waals surface area contributed by atoms with Crippen LogP contribution in [-0.2, 0) is 47.4 Å². The molecule has 0 heterocycles. The molecule has 8 bridgehead atoms. The molecule has 5 aromatic rings. The van der Waals surface area contributed by atoms with Crippen molar-refractivity contribution in [3.05, 3.63) is 154 Å². The molecule has 0 aliphatic heterocycles. The first-order valence-corrected chi connectivity index (χ1v) is 15.5. The third-order valence-corrected chi connectivity index (χ3v) is 9.75. The van der Waals surface area contributed by atoms with E-state index in [1.807, 2.05) is 0 Å². The molecule has 0 saturated heterocycles. The summed E-state index contributed by atoms with van der Waals surface area (Å²) in [4.78, 5) is 0. The standard InChI is InChI=1S/C38H18F16/c39-31(40)21-5-9-23(10-6-21)33(43,44)37(51,52)29-15-13-25(35(31,47)48)17-27(29)19-1-2-20(4-3-19)28-18-26-14-16-30(28)38(53,54)34(45,46)24-11-7-22(8-12-24)32(41,42)36(26,49)50/h1-18H. The van der Waals surface area contributed by atoms with Crippen LogP contribution in [0.1, 0.15) is 44.5 Å². The lowest BCUT2D eigenvalue weighted by Crippen LogP contribution is -2.39. The van der Waals surface area contributed by atoms with Gasteiger partial charge in [0.05, 0.1) is 0 Å². The van der Waals surface area contributed by atoms with Gasteiger partial charge in [0.2, 0.25) is 0 Å². The fourth-order valence-electron chi connectivity index (χ4n) is 6.54. The summed E-state index contributed by atoms with van der Waals surface area (Å²) in [5, 5.41) is 0. The van der Waals surface area contributed by atoms with E-state index in [9.17, 15) is 0 Å². The van der Waals surface area contributed by atoms with Gasteiger partial charge in [0.25, 0.3) is 0 Å². The fraction of sp³-hybridized carbons (Fsp3) is 0.211. The van der Waals surface area contributed by atoms with E-state index in [1.54, 1.807) is 0 Å². The van der Waals surface area contributed by atoms with Crippen LogP contribution in [0.3, 0.4) is 0 Å². The van der Waals surface area contributed by atoms with E-state index in [2.05, 4.69) is 0 Å². The topological polar surface area (TPSA) is 0 Å². The number of alkyl halides is 16. The van der Waals surface area contributed by atoms with E-state index in [0.717, 1.165) is 0 Å². The molecular weight excluding hydrogens is 760 g/mol. The minimum Gasteiger partial charge on any atom is -0.194 e. The Kier molecular flexibility index (Phi) is 7.78. The van der Waals surface area contributed by atoms with Gasteiger partial charge < -0.3 is 0 Å². The Labute approximate surface area is 293 Å². The number of halogens is 16. The molecule has 0 fully saturated rings. The van der Waals surface area contributed by atoms with Gasteiger partial charge in [-0.2, -0.15) is 70.2 Å². The number of hydrogen-bond acceptors (Lipinski definition) is 0. The second-order valence-electron chi connectivity index (χ2n) is 12.8. The predicted molar refractivity (Wildman–Crippen MR) is 161 cm³/mol. The largest absolute Gasteiger partial charge is 0.340 e. The average Bonchev–Trinajstić information content (AvgIpc) is 3.13. The molecule has 54 heavy (non-hydrogen) atoms. The van der Waals surface area contributed by atoms with Crippen LogP contribution in [-0.4, -0.2) is 0 Å². The zero-order chi connectivity index (χ0) is 39.7. The van der Waals surface area contributed by atoms with E-state index in [4.69, 9.17) is 0 Å². The molecular formula is C38H18F16.